The van der Waals surface area contributed by atoms with E-state index in [9.17, 15) is 28.3 Å². The molecule has 0 aliphatic carbocycles. The molecule has 23 heavy (non-hydrogen) atoms. The number of carbonyl (C=O) groups is 4. The Hall–Kier alpha value is -1.08. The molecule has 10 nitrogen and oxygen atoms in total. The molecule has 0 heterocycles. The summed E-state index contributed by atoms with van der Waals surface area (Å²) >= 11 is 11.3. The Balaban J connectivity index is 6.23. The van der Waals surface area contributed by atoms with Crippen molar-refractivity contribution < 1.29 is 46.4 Å². The van der Waals surface area contributed by atoms with Gasteiger partial charge < -0.3 is 18.1 Å². The predicted molar refractivity (Wildman–Crippen MR) is 76.7 cm³/mol. The summed E-state index contributed by atoms with van der Waals surface area (Å²) in [5.41, 5.74) is 0. The second-order valence-corrected chi connectivity index (χ2v) is 10.6. The van der Waals surface area contributed by atoms with Crippen molar-refractivity contribution in [1.29, 1.82) is 0 Å². The van der Waals surface area contributed by atoms with E-state index in [0.717, 1.165) is 27.7 Å². The van der Waals surface area contributed by atoms with Crippen LogP contribution in [0.1, 0.15) is 27.7 Å². The zero-order valence-electron chi connectivity index (χ0n) is 12.2. The molecule has 0 bridgehead atoms. The molecular formula is C9H12Cl2O10P2. The van der Waals surface area contributed by atoms with Crippen molar-refractivity contribution in [2.24, 2.45) is 0 Å². The average Bonchev–Trinajstić information content (AvgIpc) is 2.22. The quantitative estimate of drug-likeness (QED) is 0.472. The molecule has 0 amide bonds. The van der Waals surface area contributed by atoms with Crippen LogP contribution in [0.4, 0.5) is 0 Å². The molecule has 14 heteroatoms. The highest BCUT2D eigenvalue weighted by atomic mass is 35.5. The van der Waals surface area contributed by atoms with Crippen molar-refractivity contribution in [3.63, 3.8) is 0 Å². The summed E-state index contributed by atoms with van der Waals surface area (Å²) in [5, 5.41) is 0. The molecule has 0 saturated carbocycles. The third-order valence-corrected chi connectivity index (χ3v) is 8.92. The number of halogens is 2. The average molecular weight is 413 g/mol. The summed E-state index contributed by atoms with van der Waals surface area (Å²) in [6.45, 7) is 3.01. The van der Waals surface area contributed by atoms with Crippen molar-refractivity contribution in [2.45, 2.75) is 31.5 Å². The van der Waals surface area contributed by atoms with Gasteiger partial charge in [-0.2, -0.15) is 0 Å². The van der Waals surface area contributed by atoms with Crippen molar-refractivity contribution in [1.82, 2.24) is 0 Å². The fourth-order valence-electron chi connectivity index (χ4n) is 1.08. The summed E-state index contributed by atoms with van der Waals surface area (Å²) in [6.07, 6.45) is 0. The van der Waals surface area contributed by atoms with Crippen molar-refractivity contribution >= 4 is 62.3 Å². The third kappa shape index (κ3) is 5.49. The molecule has 0 aliphatic rings. The van der Waals surface area contributed by atoms with E-state index in [1.165, 1.54) is 0 Å². The van der Waals surface area contributed by atoms with Crippen LogP contribution in [0.15, 0.2) is 0 Å². The van der Waals surface area contributed by atoms with Gasteiger partial charge in [0.05, 0.1) is 0 Å². The third-order valence-electron chi connectivity index (χ3n) is 1.65. The molecule has 0 rings (SSSR count). The van der Waals surface area contributed by atoms with Crippen molar-refractivity contribution in [2.75, 3.05) is 0 Å². The first-order valence-corrected chi connectivity index (χ1v) is 9.39. The molecule has 0 aliphatic heterocycles. The van der Waals surface area contributed by atoms with Gasteiger partial charge in [-0.05, 0) is 0 Å². The lowest BCUT2D eigenvalue weighted by Gasteiger charge is -2.30. The van der Waals surface area contributed by atoms with Gasteiger partial charge >= 0.3 is 42.9 Å². The maximum atomic E-state index is 12.6. The first kappa shape index (κ1) is 21.9. The topological polar surface area (TPSA) is 139 Å². The van der Waals surface area contributed by atoms with E-state index in [4.69, 9.17) is 23.2 Å². The number of rotatable bonds is 6. The van der Waals surface area contributed by atoms with Crippen LogP contribution in [-0.4, -0.2) is 27.7 Å². The van der Waals surface area contributed by atoms with Gasteiger partial charge in [0, 0.05) is 27.7 Å². The normalized spacial score (nSPS) is 12.1. The lowest BCUT2D eigenvalue weighted by atomic mass is 10.9. The fraction of sp³-hybridized carbons (Fsp3) is 0.556. The second-order valence-electron chi connectivity index (χ2n) is 3.84. The smallest absolute Gasteiger partial charge is 0.381 e. The lowest BCUT2D eigenvalue weighted by molar-refractivity contribution is -0.137. The van der Waals surface area contributed by atoms with Crippen molar-refractivity contribution in [3.8, 4) is 0 Å². The van der Waals surface area contributed by atoms with Crippen LogP contribution in [-0.2, 0) is 46.4 Å². The number of hydrogen-bond acceptors (Lipinski definition) is 10. The molecule has 0 aromatic rings. The Morgan fingerprint density at radius 1 is 0.652 bits per heavy atom. The van der Waals surface area contributed by atoms with Crippen LogP contribution >= 0.6 is 38.4 Å². The summed E-state index contributed by atoms with van der Waals surface area (Å²) in [5.74, 6) is -5.12. The van der Waals surface area contributed by atoms with Crippen LogP contribution in [0.2, 0.25) is 0 Å². The SMILES string of the molecule is CC(=O)OP(=O)(OC(C)=O)C(Cl)(Cl)P(=O)(OC(C)=O)OC(C)=O. The molecule has 0 N–H and O–H groups in total. The van der Waals surface area contributed by atoms with Gasteiger partial charge in [0.25, 0.3) is 0 Å². The van der Waals surface area contributed by atoms with Crippen LogP contribution in [0.5, 0.6) is 0 Å². The summed E-state index contributed by atoms with van der Waals surface area (Å²) in [6, 6.07) is 0. The molecule has 132 valence electrons. The van der Waals surface area contributed by atoms with Gasteiger partial charge in [0.15, 0.2) is 0 Å². The first-order valence-electron chi connectivity index (χ1n) is 5.55. The largest absolute Gasteiger partial charge is 0.486 e. The van der Waals surface area contributed by atoms with Gasteiger partial charge in [-0.15, -0.1) is 0 Å². The standard InChI is InChI=1S/C9H12Cl2O10P2/c1-5(12)18-22(16,19-6(2)13)9(10,11)23(17,20-7(3)14)21-8(4)15/h1-4H3. The zero-order chi connectivity index (χ0) is 18.6. The van der Waals surface area contributed by atoms with E-state index < -0.39 is 42.9 Å². The molecular weight excluding hydrogens is 401 g/mol. The molecule has 0 aromatic carbocycles. The zero-order valence-corrected chi connectivity index (χ0v) is 15.5. The summed E-state index contributed by atoms with van der Waals surface area (Å²) in [7, 11) is -10.5. The second kappa shape index (κ2) is 7.66. The van der Waals surface area contributed by atoms with Gasteiger partial charge in [0.1, 0.15) is 0 Å². The Morgan fingerprint density at radius 3 is 0.957 bits per heavy atom. The van der Waals surface area contributed by atoms with Crippen LogP contribution in [0.25, 0.3) is 0 Å². The molecule has 0 spiro atoms. The van der Waals surface area contributed by atoms with Gasteiger partial charge in [-0.1, -0.05) is 23.2 Å². The Morgan fingerprint density at radius 2 is 0.826 bits per heavy atom. The highest BCUT2D eigenvalue weighted by Gasteiger charge is 2.70. The van der Waals surface area contributed by atoms with Gasteiger partial charge in [-0.25, -0.2) is 9.13 Å². The maximum Gasteiger partial charge on any atom is 0.486 e. The van der Waals surface area contributed by atoms with Crippen molar-refractivity contribution in [3.05, 3.63) is 0 Å². The molecule has 0 atom stereocenters. The molecule has 0 aromatic heterocycles. The first-order chi connectivity index (χ1) is 10.2. The molecule has 0 unspecified atom stereocenters. The minimum atomic E-state index is -5.25. The van der Waals surface area contributed by atoms with Crippen LogP contribution in [0, 0.1) is 0 Å². The van der Waals surface area contributed by atoms with Gasteiger partial charge in [0.2, 0.25) is 0 Å². The minimum absolute atomic E-state index is 0.753. The van der Waals surface area contributed by atoms with E-state index in [1.807, 2.05) is 0 Å². The molecule has 0 saturated heterocycles. The number of hydrogen-bond donors (Lipinski definition) is 0. The molecule has 0 fully saturated rings. The van der Waals surface area contributed by atoms with Crippen LogP contribution < -0.4 is 0 Å². The molecule has 0 radical (unpaired) electrons. The Bertz CT molecular complexity index is 536. The fourth-order valence-corrected chi connectivity index (χ4v) is 5.47. The Labute approximate surface area is 140 Å². The van der Waals surface area contributed by atoms with E-state index in [-0.39, 0.29) is 0 Å². The highest BCUT2D eigenvalue weighted by molar-refractivity contribution is 7.81. The van der Waals surface area contributed by atoms with Gasteiger partial charge in [-0.3, -0.25) is 19.2 Å². The van der Waals surface area contributed by atoms with E-state index >= 15 is 0 Å². The Kier molecular flexibility index (Phi) is 7.30. The number of alkyl halides is 2. The van der Waals surface area contributed by atoms with E-state index in [2.05, 4.69) is 18.1 Å². The number of carbonyl (C=O) groups excluding carboxylic acids is 4. The van der Waals surface area contributed by atoms with E-state index in [1.54, 1.807) is 0 Å². The monoisotopic (exact) mass is 412 g/mol. The summed E-state index contributed by atoms with van der Waals surface area (Å²) in [4.78, 5) is 44.2. The van der Waals surface area contributed by atoms with E-state index in [0.29, 0.717) is 0 Å². The minimum Gasteiger partial charge on any atom is -0.381 e. The maximum absolute atomic E-state index is 12.6. The highest BCUT2D eigenvalue weighted by Crippen LogP contribution is 2.81. The lowest BCUT2D eigenvalue weighted by Crippen LogP contribution is -2.25. The predicted octanol–water partition coefficient (Wildman–Crippen LogP) is 2.71. The van der Waals surface area contributed by atoms with Crippen LogP contribution in [0.3, 0.4) is 0 Å². The summed E-state index contributed by atoms with van der Waals surface area (Å²) < 4.78 is 38.9.